The number of hydrogen-bond donors (Lipinski definition) is 2. The van der Waals surface area contributed by atoms with E-state index in [0.29, 0.717) is 24.6 Å². The molecule has 0 amide bonds. The second kappa shape index (κ2) is 8.54. The lowest BCUT2D eigenvalue weighted by Gasteiger charge is -2.10. The molecule has 0 aliphatic carbocycles. The standard InChI is InChI=1S/C17H19BrFN3O2/c1-23-15-6-3-11(7-16(15)24-2)9-21-17(20)22-10-12-8-13(19)4-5-14(12)18/h3-8H,9-10H2,1-2H3,(H3,20,21,22). The van der Waals surface area contributed by atoms with Crippen LogP contribution in [0.3, 0.4) is 0 Å². The molecule has 0 bridgehead atoms. The van der Waals surface area contributed by atoms with E-state index in [9.17, 15) is 4.39 Å². The zero-order chi connectivity index (χ0) is 17.5. The highest BCUT2D eigenvalue weighted by atomic mass is 79.9. The molecule has 0 saturated heterocycles. The topological polar surface area (TPSA) is 68.9 Å². The fourth-order valence-corrected chi connectivity index (χ4v) is 2.46. The van der Waals surface area contributed by atoms with Gasteiger partial charge in [0.2, 0.25) is 0 Å². The molecule has 0 aliphatic rings. The third-order valence-corrected chi connectivity index (χ3v) is 4.12. The van der Waals surface area contributed by atoms with Gasteiger partial charge in [0.15, 0.2) is 17.5 Å². The van der Waals surface area contributed by atoms with Gasteiger partial charge in [-0.3, -0.25) is 0 Å². The number of nitrogens with zero attached hydrogens (tertiary/aromatic N) is 1. The Kier molecular flexibility index (Phi) is 6.43. The van der Waals surface area contributed by atoms with Gasteiger partial charge in [0.05, 0.1) is 20.8 Å². The SMILES string of the molecule is COc1ccc(CN=C(N)NCc2cc(F)ccc2Br)cc1OC. The molecule has 128 valence electrons. The Morgan fingerprint density at radius 3 is 2.62 bits per heavy atom. The Hall–Kier alpha value is -2.28. The first kappa shape index (κ1) is 18.1. The highest BCUT2D eigenvalue weighted by molar-refractivity contribution is 9.10. The molecule has 0 radical (unpaired) electrons. The monoisotopic (exact) mass is 395 g/mol. The summed E-state index contributed by atoms with van der Waals surface area (Å²) in [6, 6.07) is 10.0. The van der Waals surface area contributed by atoms with E-state index < -0.39 is 0 Å². The van der Waals surface area contributed by atoms with Gasteiger partial charge in [-0.25, -0.2) is 9.38 Å². The predicted octanol–water partition coefficient (Wildman–Crippen LogP) is 3.21. The quantitative estimate of drug-likeness (QED) is 0.581. The predicted molar refractivity (Wildman–Crippen MR) is 95.8 cm³/mol. The van der Waals surface area contributed by atoms with Crippen molar-refractivity contribution in [3.63, 3.8) is 0 Å². The Labute approximate surface area is 148 Å². The third-order valence-electron chi connectivity index (χ3n) is 3.35. The summed E-state index contributed by atoms with van der Waals surface area (Å²) < 4.78 is 24.5. The summed E-state index contributed by atoms with van der Waals surface area (Å²) in [5, 5.41) is 2.96. The van der Waals surface area contributed by atoms with E-state index in [0.717, 1.165) is 15.6 Å². The molecule has 0 aliphatic heterocycles. The minimum absolute atomic E-state index is 0.279. The molecule has 0 unspecified atom stereocenters. The van der Waals surface area contributed by atoms with Crippen molar-refractivity contribution in [1.82, 2.24) is 5.32 Å². The molecule has 2 aromatic carbocycles. The lowest BCUT2D eigenvalue weighted by Crippen LogP contribution is -2.31. The largest absolute Gasteiger partial charge is 0.493 e. The van der Waals surface area contributed by atoms with Crippen LogP contribution in [0.25, 0.3) is 0 Å². The lowest BCUT2D eigenvalue weighted by molar-refractivity contribution is 0.354. The molecule has 0 saturated carbocycles. The maximum absolute atomic E-state index is 13.2. The molecule has 7 heteroatoms. The van der Waals surface area contributed by atoms with E-state index in [1.54, 1.807) is 20.3 Å². The molecule has 3 N–H and O–H groups in total. The highest BCUT2D eigenvalue weighted by Crippen LogP contribution is 2.27. The number of aliphatic imine (C=N–C) groups is 1. The summed E-state index contributed by atoms with van der Waals surface area (Å²) in [7, 11) is 3.17. The van der Waals surface area contributed by atoms with Crippen molar-refractivity contribution in [3.05, 3.63) is 57.8 Å². The summed E-state index contributed by atoms with van der Waals surface area (Å²) in [5.74, 6) is 1.28. The molecule has 2 aromatic rings. The van der Waals surface area contributed by atoms with Crippen molar-refractivity contribution in [2.45, 2.75) is 13.1 Å². The molecule has 24 heavy (non-hydrogen) atoms. The summed E-state index contributed by atoms with van der Waals surface area (Å²) >= 11 is 3.37. The number of hydrogen-bond acceptors (Lipinski definition) is 3. The first-order valence-electron chi connectivity index (χ1n) is 7.22. The van der Waals surface area contributed by atoms with Gasteiger partial charge in [-0.15, -0.1) is 0 Å². The van der Waals surface area contributed by atoms with Crippen LogP contribution >= 0.6 is 15.9 Å². The van der Waals surface area contributed by atoms with E-state index in [-0.39, 0.29) is 11.8 Å². The first-order valence-corrected chi connectivity index (χ1v) is 8.01. The minimum Gasteiger partial charge on any atom is -0.493 e. The van der Waals surface area contributed by atoms with Gasteiger partial charge < -0.3 is 20.5 Å². The van der Waals surface area contributed by atoms with Gasteiger partial charge >= 0.3 is 0 Å². The minimum atomic E-state index is -0.296. The molecule has 0 spiro atoms. The zero-order valence-electron chi connectivity index (χ0n) is 13.5. The van der Waals surface area contributed by atoms with Gasteiger partial charge in [-0.05, 0) is 41.5 Å². The van der Waals surface area contributed by atoms with Crippen LogP contribution in [0, 0.1) is 5.82 Å². The Morgan fingerprint density at radius 2 is 1.92 bits per heavy atom. The van der Waals surface area contributed by atoms with Crippen molar-refractivity contribution in [2.24, 2.45) is 10.7 Å². The molecule has 0 atom stereocenters. The summed E-state index contributed by atoms with van der Waals surface area (Å²) in [4.78, 5) is 4.27. The van der Waals surface area contributed by atoms with Gasteiger partial charge in [0.1, 0.15) is 5.82 Å². The number of benzene rings is 2. The van der Waals surface area contributed by atoms with E-state index in [4.69, 9.17) is 15.2 Å². The van der Waals surface area contributed by atoms with Crippen LogP contribution < -0.4 is 20.5 Å². The number of rotatable bonds is 6. The maximum Gasteiger partial charge on any atom is 0.189 e. The average Bonchev–Trinajstić information content (AvgIpc) is 2.60. The second-order valence-electron chi connectivity index (χ2n) is 4.98. The smallest absolute Gasteiger partial charge is 0.189 e. The number of nitrogens with one attached hydrogen (secondary N) is 1. The van der Waals surface area contributed by atoms with Crippen LogP contribution in [0.1, 0.15) is 11.1 Å². The summed E-state index contributed by atoms with van der Waals surface area (Å²) in [6.07, 6.45) is 0. The van der Waals surface area contributed by atoms with Gasteiger partial charge in [0, 0.05) is 11.0 Å². The lowest BCUT2D eigenvalue weighted by atomic mass is 10.2. The van der Waals surface area contributed by atoms with Crippen molar-refractivity contribution in [1.29, 1.82) is 0 Å². The highest BCUT2D eigenvalue weighted by Gasteiger charge is 2.05. The first-order chi connectivity index (χ1) is 11.5. The molecule has 5 nitrogen and oxygen atoms in total. The van der Waals surface area contributed by atoms with Crippen molar-refractivity contribution >= 4 is 21.9 Å². The maximum atomic E-state index is 13.2. The second-order valence-corrected chi connectivity index (χ2v) is 5.83. The Balaban J connectivity index is 1.97. The average molecular weight is 396 g/mol. The van der Waals surface area contributed by atoms with Gasteiger partial charge in [-0.2, -0.15) is 0 Å². The van der Waals surface area contributed by atoms with E-state index in [1.807, 2.05) is 18.2 Å². The molecule has 0 fully saturated rings. The third kappa shape index (κ3) is 4.86. The number of nitrogens with two attached hydrogens (primary N) is 1. The van der Waals surface area contributed by atoms with Crippen molar-refractivity contribution in [2.75, 3.05) is 14.2 Å². The fourth-order valence-electron chi connectivity index (χ4n) is 2.08. The number of halogens is 2. The van der Waals surface area contributed by atoms with E-state index in [1.165, 1.54) is 12.1 Å². The van der Waals surface area contributed by atoms with Crippen LogP contribution in [-0.2, 0) is 13.1 Å². The molecular weight excluding hydrogens is 377 g/mol. The molecular formula is C17H19BrFN3O2. The summed E-state index contributed by atoms with van der Waals surface area (Å²) in [5.41, 5.74) is 7.56. The Bertz CT molecular complexity index is 738. The van der Waals surface area contributed by atoms with Crippen LogP contribution in [0.4, 0.5) is 4.39 Å². The van der Waals surface area contributed by atoms with Crippen molar-refractivity contribution in [3.8, 4) is 11.5 Å². The van der Waals surface area contributed by atoms with Crippen LogP contribution in [0.15, 0.2) is 45.9 Å². The van der Waals surface area contributed by atoms with Gasteiger partial charge in [0.25, 0.3) is 0 Å². The van der Waals surface area contributed by atoms with E-state index >= 15 is 0 Å². The number of methoxy groups -OCH3 is 2. The number of ether oxygens (including phenoxy) is 2. The normalized spacial score (nSPS) is 11.2. The summed E-state index contributed by atoms with van der Waals surface area (Å²) in [6.45, 7) is 0.767. The molecule has 0 heterocycles. The van der Waals surface area contributed by atoms with Crippen LogP contribution in [0.5, 0.6) is 11.5 Å². The molecule has 0 aromatic heterocycles. The number of guanidine groups is 1. The van der Waals surface area contributed by atoms with Crippen molar-refractivity contribution < 1.29 is 13.9 Å². The Morgan fingerprint density at radius 1 is 1.17 bits per heavy atom. The van der Waals surface area contributed by atoms with Crippen LogP contribution in [-0.4, -0.2) is 20.2 Å². The van der Waals surface area contributed by atoms with Gasteiger partial charge in [-0.1, -0.05) is 22.0 Å². The fraction of sp³-hybridized carbons (Fsp3) is 0.235. The van der Waals surface area contributed by atoms with E-state index in [2.05, 4.69) is 26.2 Å². The van der Waals surface area contributed by atoms with Crippen LogP contribution in [0.2, 0.25) is 0 Å². The molecule has 2 rings (SSSR count). The zero-order valence-corrected chi connectivity index (χ0v) is 15.1.